The van der Waals surface area contributed by atoms with Gasteiger partial charge in [0.25, 0.3) is 0 Å². The van der Waals surface area contributed by atoms with E-state index in [2.05, 4.69) is 15.0 Å². The van der Waals surface area contributed by atoms with Crippen LogP contribution in [0, 0.1) is 0 Å². The molecule has 0 radical (unpaired) electrons. The molecule has 1 aromatic heterocycles. The molecule has 2 aliphatic rings. The number of benzene rings is 1. The molecule has 0 spiro atoms. The molecule has 2 saturated heterocycles. The molecule has 172 valence electrons. The third-order valence-electron chi connectivity index (χ3n) is 6.13. The monoisotopic (exact) mass is 441 g/mol. The molecule has 32 heavy (non-hydrogen) atoms. The molecule has 2 fully saturated rings. The van der Waals surface area contributed by atoms with Crippen LogP contribution < -0.4 is 4.74 Å². The number of amides is 2. The number of methoxy groups -OCH3 is 1. The highest BCUT2D eigenvalue weighted by Crippen LogP contribution is 2.14. The molecule has 0 unspecified atom stereocenters. The van der Waals surface area contributed by atoms with E-state index in [-0.39, 0.29) is 11.8 Å². The van der Waals surface area contributed by atoms with Crippen molar-refractivity contribution >= 4 is 11.8 Å². The van der Waals surface area contributed by atoms with Crippen LogP contribution in [0.25, 0.3) is 0 Å². The minimum atomic E-state index is 0.138. The van der Waals surface area contributed by atoms with Crippen LogP contribution in [0.15, 0.2) is 28.8 Å². The number of rotatable bonds is 8. The largest absolute Gasteiger partial charge is 0.497 e. The summed E-state index contributed by atoms with van der Waals surface area (Å²) in [6.07, 6.45) is 3.48. The Labute approximate surface area is 188 Å². The smallest absolute Gasteiger partial charge is 0.227 e. The standard InChI is InChI=1S/C23H31N5O4/c1-31-19-6-4-18(5-7-19)16-23(30)28-14-12-26(13-15-28)17-20-24-21(32-25-20)8-9-22(29)27-10-2-3-11-27/h4-7H,2-3,8-17H2,1H3. The summed E-state index contributed by atoms with van der Waals surface area (Å²) in [5.74, 6) is 2.24. The molecular weight excluding hydrogens is 410 g/mol. The van der Waals surface area contributed by atoms with Gasteiger partial charge in [0.2, 0.25) is 17.7 Å². The van der Waals surface area contributed by atoms with Gasteiger partial charge in [-0.1, -0.05) is 17.3 Å². The Kier molecular flexibility index (Phi) is 7.36. The van der Waals surface area contributed by atoms with Crippen LogP contribution in [0.4, 0.5) is 0 Å². The lowest BCUT2D eigenvalue weighted by atomic mass is 10.1. The Bertz CT molecular complexity index is 899. The van der Waals surface area contributed by atoms with Crippen LogP contribution in [-0.2, 0) is 29.0 Å². The van der Waals surface area contributed by atoms with Crippen molar-refractivity contribution < 1.29 is 18.8 Å². The highest BCUT2D eigenvalue weighted by Gasteiger charge is 2.23. The van der Waals surface area contributed by atoms with E-state index in [0.29, 0.717) is 50.6 Å². The number of aromatic nitrogens is 2. The average molecular weight is 442 g/mol. The predicted octanol–water partition coefficient (Wildman–Crippen LogP) is 1.52. The molecular formula is C23H31N5O4. The molecule has 0 aliphatic carbocycles. The van der Waals surface area contributed by atoms with Crippen molar-refractivity contribution in [2.75, 3.05) is 46.4 Å². The van der Waals surface area contributed by atoms with Gasteiger partial charge in [-0.15, -0.1) is 0 Å². The van der Waals surface area contributed by atoms with E-state index in [1.165, 1.54) is 0 Å². The maximum Gasteiger partial charge on any atom is 0.227 e. The third kappa shape index (κ3) is 5.85. The molecule has 9 heteroatoms. The van der Waals surface area contributed by atoms with Crippen molar-refractivity contribution in [1.29, 1.82) is 0 Å². The fourth-order valence-corrected chi connectivity index (χ4v) is 4.18. The van der Waals surface area contributed by atoms with Gasteiger partial charge >= 0.3 is 0 Å². The maximum atomic E-state index is 12.6. The van der Waals surface area contributed by atoms with E-state index in [0.717, 1.165) is 50.3 Å². The fraction of sp³-hybridized carbons (Fsp3) is 0.565. The number of carbonyl (C=O) groups is 2. The first-order chi connectivity index (χ1) is 15.6. The summed E-state index contributed by atoms with van der Waals surface area (Å²) in [7, 11) is 1.63. The number of ether oxygens (including phenoxy) is 1. The average Bonchev–Trinajstić information content (AvgIpc) is 3.51. The number of hydrogen-bond donors (Lipinski definition) is 0. The van der Waals surface area contributed by atoms with E-state index >= 15 is 0 Å². The number of carbonyl (C=O) groups excluding carboxylic acids is 2. The number of likely N-dealkylation sites (tertiary alicyclic amines) is 1. The molecule has 3 heterocycles. The molecule has 4 rings (SSSR count). The Balaban J connectivity index is 1.18. The van der Waals surface area contributed by atoms with Gasteiger partial charge in [-0.2, -0.15) is 4.98 Å². The van der Waals surface area contributed by atoms with Gasteiger partial charge in [0, 0.05) is 52.1 Å². The van der Waals surface area contributed by atoms with Crippen molar-refractivity contribution in [2.45, 2.75) is 38.6 Å². The molecule has 0 N–H and O–H groups in total. The maximum absolute atomic E-state index is 12.6. The lowest BCUT2D eigenvalue weighted by molar-refractivity contribution is -0.132. The van der Waals surface area contributed by atoms with Gasteiger partial charge < -0.3 is 19.1 Å². The first-order valence-electron chi connectivity index (χ1n) is 11.3. The van der Waals surface area contributed by atoms with Crippen LogP contribution in [0.3, 0.4) is 0 Å². The van der Waals surface area contributed by atoms with Crippen LogP contribution in [0.5, 0.6) is 5.75 Å². The molecule has 2 amide bonds. The molecule has 0 bridgehead atoms. The number of piperazine rings is 1. The van der Waals surface area contributed by atoms with Gasteiger partial charge in [-0.25, -0.2) is 0 Å². The zero-order valence-electron chi connectivity index (χ0n) is 18.7. The van der Waals surface area contributed by atoms with Crippen LogP contribution in [-0.4, -0.2) is 83.0 Å². The molecule has 1 aromatic carbocycles. The Morgan fingerprint density at radius 2 is 1.66 bits per heavy atom. The van der Waals surface area contributed by atoms with Crippen molar-refractivity contribution in [3.05, 3.63) is 41.5 Å². The van der Waals surface area contributed by atoms with E-state index in [9.17, 15) is 9.59 Å². The highest BCUT2D eigenvalue weighted by molar-refractivity contribution is 5.79. The molecule has 9 nitrogen and oxygen atoms in total. The normalized spacial score (nSPS) is 17.0. The molecule has 2 aromatic rings. The first kappa shape index (κ1) is 22.3. The quantitative estimate of drug-likeness (QED) is 0.613. The Hall–Kier alpha value is -2.94. The van der Waals surface area contributed by atoms with Gasteiger partial charge in [0.1, 0.15) is 5.75 Å². The van der Waals surface area contributed by atoms with Gasteiger partial charge in [0.05, 0.1) is 20.1 Å². The zero-order valence-corrected chi connectivity index (χ0v) is 18.7. The summed E-state index contributed by atoms with van der Waals surface area (Å²) in [4.78, 5) is 35.3. The topological polar surface area (TPSA) is 92.0 Å². The van der Waals surface area contributed by atoms with Gasteiger partial charge in [-0.05, 0) is 30.5 Å². The minimum absolute atomic E-state index is 0.138. The molecule has 0 atom stereocenters. The summed E-state index contributed by atoms with van der Waals surface area (Å²) >= 11 is 0. The van der Waals surface area contributed by atoms with Crippen LogP contribution in [0.1, 0.15) is 36.5 Å². The Morgan fingerprint density at radius 3 is 2.34 bits per heavy atom. The fourth-order valence-electron chi connectivity index (χ4n) is 4.18. The number of nitrogens with zero attached hydrogens (tertiary/aromatic N) is 5. The first-order valence-corrected chi connectivity index (χ1v) is 11.3. The van der Waals surface area contributed by atoms with Crippen molar-refractivity contribution in [1.82, 2.24) is 24.8 Å². The number of hydrogen-bond acceptors (Lipinski definition) is 7. The predicted molar refractivity (Wildman–Crippen MR) is 117 cm³/mol. The highest BCUT2D eigenvalue weighted by atomic mass is 16.5. The zero-order chi connectivity index (χ0) is 22.3. The third-order valence-corrected chi connectivity index (χ3v) is 6.13. The second-order valence-corrected chi connectivity index (χ2v) is 8.37. The van der Waals surface area contributed by atoms with E-state index in [1.807, 2.05) is 34.1 Å². The second-order valence-electron chi connectivity index (χ2n) is 8.37. The van der Waals surface area contributed by atoms with Crippen molar-refractivity contribution in [3.63, 3.8) is 0 Å². The van der Waals surface area contributed by atoms with Crippen molar-refractivity contribution in [3.8, 4) is 5.75 Å². The summed E-state index contributed by atoms with van der Waals surface area (Å²) in [5.41, 5.74) is 0.987. The van der Waals surface area contributed by atoms with E-state index in [4.69, 9.17) is 9.26 Å². The lowest BCUT2D eigenvalue weighted by Crippen LogP contribution is -2.48. The minimum Gasteiger partial charge on any atom is -0.497 e. The molecule has 2 aliphatic heterocycles. The lowest BCUT2D eigenvalue weighted by Gasteiger charge is -2.34. The number of aryl methyl sites for hydroxylation is 1. The Morgan fingerprint density at radius 1 is 0.969 bits per heavy atom. The van der Waals surface area contributed by atoms with Gasteiger partial charge in [-0.3, -0.25) is 14.5 Å². The van der Waals surface area contributed by atoms with Gasteiger partial charge in [0.15, 0.2) is 5.82 Å². The van der Waals surface area contributed by atoms with Crippen LogP contribution in [0.2, 0.25) is 0 Å². The summed E-state index contributed by atoms with van der Waals surface area (Å²) in [6.45, 7) is 5.22. The van der Waals surface area contributed by atoms with E-state index in [1.54, 1.807) is 7.11 Å². The van der Waals surface area contributed by atoms with E-state index < -0.39 is 0 Å². The SMILES string of the molecule is COc1ccc(CC(=O)N2CCN(Cc3noc(CCC(=O)N4CCCC4)n3)CC2)cc1. The molecule has 0 saturated carbocycles. The van der Waals surface area contributed by atoms with Crippen molar-refractivity contribution in [2.24, 2.45) is 0 Å². The summed E-state index contributed by atoms with van der Waals surface area (Å²) in [5, 5.41) is 4.07. The van der Waals surface area contributed by atoms with Crippen LogP contribution >= 0.6 is 0 Å². The summed E-state index contributed by atoms with van der Waals surface area (Å²) < 4.78 is 10.5. The summed E-state index contributed by atoms with van der Waals surface area (Å²) in [6, 6.07) is 7.61. The second kappa shape index (κ2) is 10.6.